The van der Waals surface area contributed by atoms with Crippen LogP contribution < -0.4 is 11.1 Å². The van der Waals surface area contributed by atoms with Crippen LogP contribution in [-0.2, 0) is 0 Å². The summed E-state index contributed by atoms with van der Waals surface area (Å²) in [7, 11) is 0. The molecule has 3 nitrogen and oxygen atoms in total. The standard InChI is InChI=1S/C11H19N3S/c1-9-10(12)5-6-11(14-9)13-7-3-4-8-15-2/h5-6H,3-4,7-8,12H2,1-2H3,(H,13,14). The maximum atomic E-state index is 5.69. The molecule has 0 atom stereocenters. The lowest BCUT2D eigenvalue weighted by Gasteiger charge is -2.07. The minimum atomic E-state index is 0.753. The molecule has 0 aliphatic rings. The second kappa shape index (κ2) is 6.56. The largest absolute Gasteiger partial charge is 0.397 e. The van der Waals surface area contributed by atoms with Gasteiger partial charge in [0.1, 0.15) is 5.82 Å². The third-order valence-corrected chi connectivity index (χ3v) is 2.90. The first-order valence-corrected chi connectivity index (χ1v) is 6.59. The topological polar surface area (TPSA) is 50.9 Å². The van der Waals surface area contributed by atoms with Crippen molar-refractivity contribution in [1.82, 2.24) is 4.98 Å². The van der Waals surface area contributed by atoms with Gasteiger partial charge in [-0.25, -0.2) is 4.98 Å². The molecule has 0 saturated heterocycles. The Morgan fingerprint density at radius 1 is 1.40 bits per heavy atom. The van der Waals surface area contributed by atoms with Gasteiger partial charge in [0.05, 0.1) is 11.4 Å². The van der Waals surface area contributed by atoms with E-state index in [4.69, 9.17) is 5.73 Å². The normalized spacial score (nSPS) is 10.3. The van der Waals surface area contributed by atoms with Crippen LogP contribution in [0.3, 0.4) is 0 Å². The SMILES string of the molecule is CSCCCCNc1ccc(N)c(C)n1. The molecule has 0 fully saturated rings. The lowest BCUT2D eigenvalue weighted by atomic mass is 10.3. The molecule has 1 rings (SSSR count). The molecule has 0 aromatic carbocycles. The van der Waals surface area contributed by atoms with Gasteiger partial charge in [-0.1, -0.05) is 0 Å². The highest BCUT2D eigenvalue weighted by molar-refractivity contribution is 7.98. The number of hydrogen-bond donors (Lipinski definition) is 2. The smallest absolute Gasteiger partial charge is 0.126 e. The minimum Gasteiger partial charge on any atom is -0.397 e. The predicted octanol–water partition coefficient (Wildman–Crippen LogP) is 2.53. The average molecular weight is 225 g/mol. The van der Waals surface area contributed by atoms with Gasteiger partial charge < -0.3 is 11.1 Å². The number of rotatable bonds is 6. The molecule has 0 bridgehead atoms. The molecule has 15 heavy (non-hydrogen) atoms. The summed E-state index contributed by atoms with van der Waals surface area (Å²) < 4.78 is 0. The highest BCUT2D eigenvalue weighted by atomic mass is 32.2. The van der Waals surface area contributed by atoms with E-state index in [1.54, 1.807) is 0 Å². The fraction of sp³-hybridized carbons (Fsp3) is 0.545. The molecule has 4 heteroatoms. The van der Waals surface area contributed by atoms with Crippen molar-refractivity contribution in [2.24, 2.45) is 0 Å². The summed E-state index contributed by atoms with van der Waals surface area (Å²) in [5.74, 6) is 2.15. The van der Waals surface area contributed by atoms with Crippen molar-refractivity contribution in [3.8, 4) is 0 Å². The zero-order valence-corrected chi connectivity index (χ0v) is 10.2. The molecule has 1 aromatic rings. The molecular weight excluding hydrogens is 206 g/mol. The number of unbranched alkanes of at least 4 members (excludes halogenated alkanes) is 1. The maximum absolute atomic E-state index is 5.69. The molecule has 0 saturated carbocycles. The number of nitrogens with zero attached hydrogens (tertiary/aromatic N) is 1. The number of hydrogen-bond acceptors (Lipinski definition) is 4. The molecule has 84 valence electrons. The lowest BCUT2D eigenvalue weighted by molar-refractivity contribution is 0.839. The second-order valence-electron chi connectivity index (χ2n) is 3.50. The molecule has 1 aromatic heterocycles. The number of nitrogens with one attached hydrogen (secondary N) is 1. The summed E-state index contributed by atoms with van der Waals surface area (Å²) in [5.41, 5.74) is 7.34. The Morgan fingerprint density at radius 2 is 2.20 bits per heavy atom. The highest BCUT2D eigenvalue weighted by Crippen LogP contribution is 2.11. The Hall–Kier alpha value is -0.900. The third-order valence-electron chi connectivity index (χ3n) is 2.21. The van der Waals surface area contributed by atoms with Gasteiger partial charge in [-0.2, -0.15) is 11.8 Å². The number of aryl methyl sites for hydroxylation is 1. The Morgan fingerprint density at radius 3 is 2.87 bits per heavy atom. The molecule has 0 aliphatic heterocycles. The zero-order chi connectivity index (χ0) is 11.1. The van der Waals surface area contributed by atoms with E-state index in [1.807, 2.05) is 30.8 Å². The number of pyridine rings is 1. The maximum Gasteiger partial charge on any atom is 0.126 e. The zero-order valence-electron chi connectivity index (χ0n) is 9.42. The van der Waals surface area contributed by atoms with Crippen LogP contribution in [-0.4, -0.2) is 23.5 Å². The van der Waals surface area contributed by atoms with Crippen molar-refractivity contribution in [3.63, 3.8) is 0 Å². The van der Waals surface area contributed by atoms with E-state index >= 15 is 0 Å². The first kappa shape index (κ1) is 12.2. The van der Waals surface area contributed by atoms with E-state index < -0.39 is 0 Å². The average Bonchev–Trinajstić information content (AvgIpc) is 2.23. The fourth-order valence-electron chi connectivity index (χ4n) is 1.26. The molecule has 3 N–H and O–H groups in total. The third kappa shape index (κ3) is 4.42. The summed E-state index contributed by atoms with van der Waals surface area (Å²) in [6.45, 7) is 2.91. The van der Waals surface area contributed by atoms with Crippen molar-refractivity contribution in [3.05, 3.63) is 17.8 Å². The van der Waals surface area contributed by atoms with E-state index in [1.165, 1.54) is 18.6 Å². The summed E-state index contributed by atoms with van der Waals surface area (Å²) >= 11 is 1.89. The van der Waals surface area contributed by atoms with Gasteiger partial charge in [0.2, 0.25) is 0 Å². The van der Waals surface area contributed by atoms with E-state index in [2.05, 4.69) is 16.6 Å². The molecule has 0 aliphatic carbocycles. The van der Waals surface area contributed by atoms with Crippen LogP contribution in [0, 0.1) is 6.92 Å². The van der Waals surface area contributed by atoms with Crippen LogP contribution in [0.25, 0.3) is 0 Å². The van der Waals surface area contributed by atoms with Gasteiger partial charge in [0.15, 0.2) is 0 Å². The highest BCUT2D eigenvalue weighted by Gasteiger charge is 1.97. The number of nitrogen functional groups attached to an aromatic ring is 1. The van der Waals surface area contributed by atoms with Crippen molar-refractivity contribution >= 4 is 23.3 Å². The fourth-order valence-corrected chi connectivity index (χ4v) is 1.75. The molecule has 0 spiro atoms. The minimum absolute atomic E-state index is 0.753. The van der Waals surface area contributed by atoms with Gasteiger partial charge in [-0.05, 0) is 43.9 Å². The van der Waals surface area contributed by atoms with Crippen LogP contribution in [0.15, 0.2) is 12.1 Å². The summed E-state index contributed by atoms with van der Waals surface area (Å²) in [4.78, 5) is 4.35. The number of thioether (sulfide) groups is 1. The van der Waals surface area contributed by atoms with Crippen LogP contribution in [0.1, 0.15) is 18.5 Å². The molecule has 0 amide bonds. The first-order chi connectivity index (χ1) is 7.24. The van der Waals surface area contributed by atoms with Crippen molar-refractivity contribution in [1.29, 1.82) is 0 Å². The number of nitrogens with two attached hydrogens (primary N) is 1. The van der Waals surface area contributed by atoms with Crippen molar-refractivity contribution < 1.29 is 0 Å². The molecule has 0 unspecified atom stereocenters. The van der Waals surface area contributed by atoms with Crippen LogP contribution in [0.5, 0.6) is 0 Å². The Bertz CT molecular complexity index is 302. The van der Waals surface area contributed by atoms with Gasteiger partial charge >= 0.3 is 0 Å². The Labute approximate surface area is 95.9 Å². The molecular formula is C11H19N3S. The van der Waals surface area contributed by atoms with E-state index in [9.17, 15) is 0 Å². The van der Waals surface area contributed by atoms with E-state index in [-0.39, 0.29) is 0 Å². The summed E-state index contributed by atoms with van der Waals surface area (Å²) in [5, 5.41) is 3.30. The van der Waals surface area contributed by atoms with Gasteiger partial charge in [0.25, 0.3) is 0 Å². The van der Waals surface area contributed by atoms with Crippen molar-refractivity contribution in [2.75, 3.05) is 29.6 Å². The quantitative estimate of drug-likeness (QED) is 0.730. The van der Waals surface area contributed by atoms with Crippen molar-refractivity contribution in [2.45, 2.75) is 19.8 Å². The van der Waals surface area contributed by atoms with Crippen LogP contribution >= 0.6 is 11.8 Å². The molecule has 1 heterocycles. The van der Waals surface area contributed by atoms with E-state index in [0.29, 0.717) is 0 Å². The van der Waals surface area contributed by atoms with E-state index in [0.717, 1.165) is 23.7 Å². The summed E-state index contributed by atoms with van der Waals surface area (Å²) in [6.07, 6.45) is 4.58. The van der Waals surface area contributed by atoms with Crippen LogP contribution in [0.2, 0.25) is 0 Å². The lowest BCUT2D eigenvalue weighted by Crippen LogP contribution is -2.05. The second-order valence-corrected chi connectivity index (χ2v) is 4.48. The monoisotopic (exact) mass is 225 g/mol. The number of anilines is 2. The summed E-state index contributed by atoms with van der Waals surface area (Å²) in [6, 6.07) is 3.82. The number of aromatic nitrogens is 1. The van der Waals surface area contributed by atoms with Crippen LogP contribution in [0.4, 0.5) is 11.5 Å². The predicted molar refractivity (Wildman–Crippen MR) is 69.5 cm³/mol. The first-order valence-electron chi connectivity index (χ1n) is 5.20. The van der Waals surface area contributed by atoms with Gasteiger partial charge in [-0.3, -0.25) is 0 Å². The van der Waals surface area contributed by atoms with Gasteiger partial charge in [-0.15, -0.1) is 0 Å². The Balaban J connectivity index is 2.28. The van der Waals surface area contributed by atoms with Gasteiger partial charge in [0, 0.05) is 6.54 Å². The Kier molecular flexibility index (Phi) is 5.32. The molecule has 0 radical (unpaired) electrons.